The SMILES string of the molecule is OC(c1ccc(Br)c(Br)c1)c1ccc(Br)c(Cl)c1F. The topological polar surface area (TPSA) is 20.2 Å². The van der Waals surface area contributed by atoms with Gasteiger partial charge in [-0.3, -0.25) is 0 Å². The van der Waals surface area contributed by atoms with Gasteiger partial charge in [0.2, 0.25) is 0 Å². The van der Waals surface area contributed by atoms with E-state index in [1.165, 1.54) is 6.07 Å². The molecular formula is C13H7Br3ClFO. The first kappa shape index (κ1) is 15.4. The van der Waals surface area contributed by atoms with Crippen LogP contribution in [0.5, 0.6) is 0 Å². The number of aliphatic hydroxyl groups excluding tert-OH is 1. The number of halogens is 5. The van der Waals surface area contributed by atoms with Gasteiger partial charge in [-0.1, -0.05) is 23.7 Å². The van der Waals surface area contributed by atoms with E-state index in [1.807, 2.05) is 0 Å². The summed E-state index contributed by atoms with van der Waals surface area (Å²) >= 11 is 15.6. The lowest BCUT2D eigenvalue weighted by Gasteiger charge is -2.14. The van der Waals surface area contributed by atoms with E-state index in [4.69, 9.17) is 11.6 Å². The molecule has 1 atom stereocenters. The monoisotopic (exact) mass is 470 g/mol. The van der Waals surface area contributed by atoms with Crippen molar-refractivity contribution in [3.8, 4) is 0 Å². The summed E-state index contributed by atoms with van der Waals surface area (Å²) in [6.07, 6.45) is -1.07. The minimum atomic E-state index is -1.07. The molecule has 2 aromatic rings. The first-order chi connectivity index (χ1) is 8.91. The van der Waals surface area contributed by atoms with Crippen LogP contribution in [0.4, 0.5) is 4.39 Å². The van der Waals surface area contributed by atoms with Gasteiger partial charge in [-0.2, -0.15) is 0 Å². The molecular weight excluding hydrogens is 466 g/mol. The lowest BCUT2D eigenvalue weighted by atomic mass is 10.0. The average molecular weight is 473 g/mol. The third kappa shape index (κ3) is 3.22. The second kappa shape index (κ2) is 6.22. The first-order valence-electron chi connectivity index (χ1n) is 5.18. The Morgan fingerprint density at radius 3 is 2.26 bits per heavy atom. The second-order valence-electron chi connectivity index (χ2n) is 3.84. The van der Waals surface area contributed by atoms with Crippen molar-refractivity contribution in [3.63, 3.8) is 0 Å². The molecule has 0 bridgehead atoms. The Kier molecular flexibility index (Phi) is 5.06. The van der Waals surface area contributed by atoms with E-state index in [9.17, 15) is 9.50 Å². The fourth-order valence-electron chi connectivity index (χ4n) is 1.61. The molecule has 0 aliphatic rings. The highest BCUT2D eigenvalue weighted by molar-refractivity contribution is 9.13. The zero-order valence-electron chi connectivity index (χ0n) is 9.30. The molecule has 0 aliphatic heterocycles. The summed E-state index contributed by atoms with van der Waals surface area (Å²) in [7, 11) is 0. The summed E-state index contributed by atoms with van der Waals surface area (Å²) in [6.45, 7) is 0. The zero-order valence-corrected chi connectivity index (χ0v) is 14.8. The van der Waals surface area contributed by atoms with E-state index in [0.717, 1.165) is 8.95 Å². The minimum absolute atomic E-state index is 0.0345. The van der Waals surface area contributed by atoms with Crippen LogP contribution in [0, 0.1) is 5.82 Å². The zero-order chi connectivity index (χ0) is 14.2. The molecule has 0 radical (unpaired) electrons. The quantitative estimate of drug-likeness (QED) is 0.543. The third-order valence-electron chi connectivity index (χ3n) is 2.62. The Morgan fingerprint density at radius 1 is 1.00 bits per heavy atom. The van der Waals surface area contributed by atoms with E-state index in [2.05, 4.69) is 47.8 Å². The van der Waals surface area contributed by atoms with E-state index < -0.39 is 11.9 Å². The van der Waals surface area contributed by atoms with Gasteiger partial charge in [-0.05, 0) is 71.6 Å². The summed E-state index contributed by atoms with van der Waals surface area (Å²) in [5, 5.41) is 10.2. The van der Waals surface area contributed by atoms with Gasteiger partial charge < -0.3 is 5.11 Å². The van der Waals surface area contributed by atoms with Crippen LogP contribution in [0.2, 0.25) is 5.02 Å². The molecule has 0 aliphatic carbocycles. The van der Waals surface area contributed by atoms with Crippen molar-refractivity contribution >= 4 is 59.4 Å². The van der Waals surface area contributed by atoms with Crippen LogP contribution < -0.4 is 0 Å². The van der Waals surface area contributed by atoms with Gasteiger partial charge in [-0.15, -0.1) is 0 Å². The van der Waals surface area contributed by atoms with Crippen molar-refractivity contribution in [2.24, 2.45) is 0 Å². The summed E-state index contributed by atoms with van der Waals surface area (Å²) in [5.41, 5.74) is 0.717. The van der Waals surface area contributed by atoms with Crippen molar-refractivity contribution in [3.05, 3.63) is 65.7 Å². The Hall–Kier alpha value is 0.0600. The number of hydrogen-bond donors (Lipinski definition) is 1. The van der Waals surface area contributed by atoms with E-state index >= 15 is 0 Å². The van der Waals surface area contributed by atoms with E-state index in [0.29, 0.717) is 10.0 Å². The molecule has 2 aromatic carbocycles. The van der Waals surface area contributed by atoms with Gasteiger partial charge in [0, 0.05) is 19.0 Å². The average Bonchev–Trinajstić information content (AvgIpc) is 2.39. The van der Waals surface area contributed by atoms with Crippen LogP contribution in [0.1, 0.15) is 17.2 Å². The van der Waals surface area contributed by atoms with Crippen LogP contribution in [0.15, 0.2) is 43.7 Å². The standard InChI is InChI=1S/C13H7Br3ClFO/c14-8-3-1-6(5-10(8)16)13(19)7-2-4-9(15)11(17)12(7)18/h1-5,13,19H. The fourth-order valence-corrected chi connectivity index (χ4v) is 2.74. The van der Waals surface area contributed by atoms with E-state index in [-0.39, 0.29) is 10.6 Å². The Balaban J connectivity index is 2.47. The van der Waals surface area contributed by atoms with Gasteiger partial charge in [0.1, 0.15) is 11.9 Å². The van der Waals surface area contributed by atoms with Crippen molar-refractivity contribution in [1.29, 1.82) is 0 Å². The summed E-state index contributed by atoms with van der Waals surface area (Å²) in [6, 6.07) is 8.34. The van der Waals surface area contributed by atoms with Crippen molar-refractivity contribution in [1.82, 2.24) is 0 Å². The normalized spacial score (nSPS) is 12.5. The van der Waals surface area contributed by atoms with Crippen molar-refractivity contribution in [2.45, 2.75) is 6.10 Å². The molecule has 0 heterocycles. The summed E-state index contributed by atoms with van der Waals surface area (Å²) in [5.74, 6) is -0.623. The van der Waals surface area contributed by atoms with Gasteiger partial charge >= 0.3 is 0 Å². The number of rotatable bonds is 2. The highest BCUT2D eigenvalue weighted by atomic mass is 79.9. The molecule has 2 rings (SSSR count). The van der Waals surface area contributed by atoms with Crippen molar-refractivity contribution in [2.75, 3.05) is 0 Å². The Labute approximate surface area is 140 Å². The van der Waals surface area contributed by atoms with Crippen LogP contribution in [-0.2, 0) is 0 Å². The molecule has 1 nitrogen and oxygen atoms in total. The lowest BCUT2D eigenvalue weighted by Crippen LogP contribution is -2.03. The maximum atomic E-state index is 14.0. The summed E-state index contributed by atoms with van der Waals surface area (Å²) in [4.78, 5) is 0. The molecule has 100 valence electrons. The predicted molar refractivity (Wildman–Crippen MR) is 85.0 cm³/mol. The predicted octanol–water partition coefficient (Wildman–Crippen LogP) is 5.85. The Bertz CT molecular complexity index is 634. The van der Waals surface area contributed by atoms with Crippen LogP contribution >= 0.6 is 59.4 Å². The molecule has 0 saturated heterocycles. The summed E-state index contributed by atoms with van der Waals surface area (Å²) < 4.78 is 16.1. The van der Waals surface area contributed by atoms with Crippen LogP contribution in [-0.4, -0.2) is 5.11 Å². The molecule has 0 spiro atoms. The largest absolute Gasteiger partial charge is 0.384 e. The number of benzene rings is 2. The number of hydrogen-bond acceptors (Lipinski definition) is 1. The molecule has 0 fully saturated rings. The van der Waals surface area contributed by atoms with Crippen LogP contribution in [0.3, 0.4) is 0 Å². The highest BCUT2D eigenvalue weighted by Crippen LogP contribution is 2.34. The maximum Gasteiger partial charge on any atom is 0.149 e. The molecule has 6 heteroatoms. The van der Waals surface area contributed by atoms with E-state index in [1.54, 1.807) is 24.3 Å². The first-order valence-corrected chi connectivity index (χ1v) is 7.94. The van der Waals surface area contributed by atoms with Gasteiger partial charge in [0.25, 0.3) is 0 Å². The smallest absolute Gasteiger partial charge is 0.149 e. The maximum absolute atomic E-state index is 14.0. The second-order valence-corrected chi connectivity index (χ2v) is 6.78. The molecule has 1 unspecified atom stereocenters. The Morgan fingerprint density at radius 2 is 1.63 bits per heavy atom. The minimum Gasteiger partial charge on any atom is -0.384 e. The van der Waals surface area contributed by atoms with Crippen molar-refractivity contribution < 1.29 is 9.50 Å². The van der Waals surface area contributed by atoms with Gasteiger partial charge in [0.05, 0.1) is 5.02 Å². The molecule has 1 N–H and O–H groups in total. The molecule has 0 amide bonds. The molecule has 0 saturated carbocycles. The van der Waals surface area contributed by atoms with Crippen LogP contribution in [0.25, 0.3) is 0 Å². The number of aliphatic hydroxyl groups is 1. The van der Waals surface area contributed by atoms with Gasteiger partial charge in [0.15, 0.2) is 0 Å². The fraction of sp³-hybridized carbons (Fsp3) is 0.0769. The lowest BCUT2D eigenvalue weighted by molar-refractivity contribution is 0.215. The third-order valence-corrected chi connectivity index (χ3v) is 5.76. The molecule has 0 aromatic heterocycles. The van der Waals surface area contributed by atoms with Gasteiger partial charge in [-0.25, -0.2) is 4.39 Å². The molecule has 19 heavy (non-hydrogen) atoms. The highest BCUT2D eigenvalue weighted by Gasteiger charge is 2.19.